The Kier molecular flexibility index (Phi) is 5.13. The Hall–Kier alpha value is -2.94. The highest BCUT2D eigenvalue weighted by atomic mass is 32.2. The highest BCUT2D eigenvalue weighted by molar-refractivity contribution is 7.90. The van der Waals surface area contributed by atoms with E-state index in [0.717, 1.165) is 0 Å². The van der Waals surface area contributed by atoms with Gasteiger partial charge in [-0.25, -0.2) is 17.5 Å². The minimum absolute atomic E-state index is 0.0342. The predicted octanol–water partition coefficient (Wildman–Crippen LogP) is 2.14. The van der Waals surface area contributed by atoms with Crippen LogP contribution in [0.25, 0.3) is 0 Å². The van der Waals surface area contributed by atoms with Gasteiger partial charge in [-0.15, -0.1) is 0 Å². The SMILES string of the molecule is COc1ccc(S(=O)(=O)NC(=O)[C@@H]2CC(c3cccc(F)c3)=NO2)cc1C. The Balaban J connectivity index is 1.70. The lowest BCUT2D eigenvalue weighted by Crippen LogP contribution is -2.38. The molecule has 3 rings (SSSR count). The number of sulfonamides is 1. The third kappa shape index (κ3) is 4.08. The van der Waals surface area contributed by atoms with E-state index in [1.807, 2.05) is 4.72 Å². The van der Waals surface area contributed by atoms with E-state index in [9.17, 15) is 17.6 Å². The molecule has 1 aliphatic rings. The fourth-order valence-corrected chi connectivity index (χ4v) is 3.72. The molecule has 0 bridgehead atoms. The van der Waals surface area contributed by atoms with Crippen molar-refractivity contribution in [2.45, 2.75) is 24.3 Å². The summed E-state index contributed by atoms with van der Waals surface area (Å²) < 4.78 is 45.2. The van der Waals surface area contributed by atoms with E-state index in [-0.39, 0.29) is 11.3 Å². The van der Waals surface area contributed by atoms with Crippen LogP contribution in [0.1, 0.15) is 17.5 Å². The minimum atomic E-state index is -4.08. The Bertz CT molecular complexity index is 1020. The summed E-state index contributed by atoms with van der Waals surface area (Å²) in [4.78, 5) is 17.3. The largest absolute Gasteiger partial charge is 0.496 e. The summed E-state index contributed by atoms with van der Waals surface area (Å²) >= 11 is 0. The van der Waals surface area contributed by atoms with Crippen molar-refractivity contribution < 1.29 is 27.2 Å². The second-order valence-electron chi connectivity index (χ2n) is 5.95. The first kappa shape index (κ1) is 18.8. The van der Waals surface area contributed by atoms with Crippen molar-refractivity contribution in [1.29, 1.82) is 0 Å². The number of benzene rings is 2. The number of aryl methyl sites for hydroxylation is 1. The van der Waals surface area contributed by atoms with Crippen LogP contribution in [0, 0.1) is 12.7 Å². The van der Waals surface area contributed by atoms with E-state index >= 15 is 0 Å². The van der Waals surface area contributed by atoms with Crippen LogP contribution in [0.3, 0.4) is 0 Å². The maximum atomic E-state index is 13.3. The molecule has 0 unspecified atom stereocenters. The number of methoxy groups -OCH3 is 1. The maximum absolute atomic E-state index is 13.3. The van der Waals surface area contributed by atoms with Crippen LogP contribution in [0.2, 0.25) is 0 Å². The van der Waals surface area contributed by atoms with Gasteiger partial charge in [0.05, 0.1) is 17.7 Å². The number of nitrogens with one attached hydrogen (secondary N) is 1. The monoisotopic (exact) mass is 392 g/mol. The van der Waals surface area contributed by atoms with Gasteiger partial charge in [-0.05, 0) is 42.8 Å². The molecule has 27 heavy (non-hydrogen) atoms. The number of hydrogen-bond acceptors (Lipinski definition) is 6. The molecule has 0 saturated heterocycles. The summed E-state index contributed by atoms with van der Waals surface area (Å²) in [6.45, 7) is 1.69. The van der Waals surface area contributed by atoms with Gasteiger partial charge in [0.25, 0.3) is 15.9 Å². The zero-order valence-electron chi connectivity index (χ0n) is 14.6. The molecular weight excluding hydrogens is 375 g/mol. The Morgan fingerprint density at radius 1 is 1.30 bits per heavy atom. The third-order valence-electron chi connectivity index (χ3n) is 4.03. The van der Waals surface area contributed by atoms with E-state index in [4.69, 9.17) is 9.57 Å². The first-order valence-electron chi connectivity index (χ1n) is 8.00. The van der Waals surface area contributed by atoms with Gasteiger partial charge >= 0.3 is 0 Å². The molecule has 0 aromatic heterocycles. The van der Waals surface area contributed by atoms with Crippen molar-refractivity contribution in [3.05, 3.63) is 59.4 Å². The number of oxime groups is 1. The molecule has 1 aliphatic heterocycles. The molecule has 7 nitrogen and oxygen atoms in total. The van der Waals surface area contributed by atoms with Gasteiger partial charge in [0.15, 0.2) is 0 Å². The minimum Gasteiger partial charge on any atom is -0.496 e. The van der Waals surface area contributed by atoms with Crippen molar-refractivity contribution in [3.63, 3.8) is 0 Å². The fraction of sp³-hybridized carbons (Fsp3) is 0.222. The molecule has 0 radical (unpaired) electrons. The summed E-state index contributed by atoms with van der Waals surface area (Å²) in [5.74, 6) is -0.758. The normalized spacial score (nSPS) is 16.4. The van der Waals surface area contributed by atoms with Crippen LogP contribution in [0.5, 0.6) is 5.75 Å². The van der Waals surface area contributed by atoms with Gasteiger partial charge in [0.2, 0.25) is 6.10 Å². The van der Waals surface area contributed by atoms with Gasteiger partial charge in [-0.2, -0.15) is 0 Å². The quantitative estimate of drug-likeness (QED) is 0.841. The lowest BCUT2D eigenvalue weighted by Gasteiger charge is -2.12. The highest BCUT2D eigenvalue weighted by Crippen LogP contribution is 2.22. The van der Waals surface area contributed by atoms with Gasteiger partial charge < -0.3 is 9.57 Å². The van der Waals surface area contributed by atoms with Crippen molar-refractivity contribution in [2.24, 2.45) is 5.16 Å². The van der Waals surface area contributed by atoms with Gasteiger partial charge in [-0.1, -0.05) is 17.3 Å². The van der Waals surface area contributed by atoms with Crippen molar-refractivity contribution in [2.75, 3.05) is 7.11 Å². The highest BCUT2D eigenvalue weighted by Gasteiger charge is 2.32. The number of nitrogens with zero attached hydrogens (tertiary/aromatic N) is 1. The molecule has 2 aromatic carbocycles. The van der Waals surface area contributed by atoms with Crippen LogP contribution in [-0.2, 0) is 19.7 Å². The smallest absolute Gasteiger partial charge is 0.278 e. The number of hydrogen-bond donors (Lipinski definition) is 1. The first-order valence-corrected chi connectivity index (χ1v) is 9.48. The average Bonchev–Trinajstić information content (AvgIpc) is 3.11. The molecular formula is C18H17FN2O5S. The van der Waals surface area contributed by atoms with E-state index in [1.165, 1.54) is 43.5 Å². The maximum Gasteiger partial charge on any atom is 0.278 e. The molecule has 1 heterocycles. The van der Waals surface area contributed by atoms with E-state index in [0.29, 0.717) is 22.6 Å². The van der Waals surface area contributed by atoms with Crippen LogP contribution < -0.4 is 9.46 Å². The Morgan fingerprint density at radius 2 is 2.07 bits per heavy atom. The Labute approximate surface area is 155 Å². The number of rotatable bonds is 5. The van der Waals surface area contributed by atoms with Crippen molar-refractivity contribution >= 4 is 21.6 Å². The summed E-state index contributed by atoms with van der Waals surface area (Å²) in [5, 5.41) is 3.77. The summed E-state index contributed by atoms with van der Waals surface area (Å²) in [5.41, 5.74) is 1.45. The average molecular weight is 392 g/mol. The summed E-state index contributed by atoms with van der Waals surface area (Å²) in [6.07, 6.45) is -1.08. The van der Waals surface area contributed by atoms with Crippen LogP contribution in [-0.4, -0.2) is 33.3 Å². The molecule has 0 aliphatic carbocycles. The first-order chi connectivity index (χ1) is 12.8. The molecule has 9 heteroatoms. The standard InChI is InChI=1S/C18H17FN2O5S/c1-11-8-14(6-7-16(11)25-2)27(23,24)21-18(22)17-10-15(20-26-17)12-4-3-5-13(19)9-12/h3-9,17H,10H2,1-2H3,(H,21,22)/t17-/m0/s1. The molecule has 1 atom stereocenters. The lowest BCUT2D eigenvalue weighted by molar-refractivity contribution is -0.129. The molecule has 0 fully saturated rings. The van der Waals surface area contributed by atoms with Crippen LogP contribution in [0.4, 0.5) is 4.39 Å². The van der Waals surface area contributed by atoms with Crippen molar-refractivity contribution in [3.8, 4) is 5.75 Å². The zero-order valence-corrected chi connectivity index (χ0v) is 15.4. The fourth-order valence-electron chi connectivity index (χ4n) is 2.63. The van der Waals surface area contributed by atoms with Gasteiger partial charge in [0.1, 0.15) is 11.6 Å². The number of ether oxygens (including phenoxy) is 1. The van der Waals surface area contributed by atoms with Crippen molar-refractivity contribution in [1.82, 2.24) is 4.72 Å². The number of amides is 1. The second-order valence-corrected chi connectivity index (χ2v) is 7.63. The molecule has 0 spiro atoms. The number of carbonyl (C=O) groups is 1. The van der Waals surface area contributed by atoms with E-state index in [1.54, 1.807) is 13.0 Å². The van der Waals surface area contributed by atoms with Gasteiger partial charge in [0, 0.05) is 12.0 Å². The lowest BCUT2D eigenvalue weighted by atomic mass is 10.0. The third-order valence-corrected chi connectivity index (χ3v) is 5.38. The summed E-state index contributed by atoms with van der Waals surface area (Å²) in [7, 11) is -2.60. The molecule has 2 aromatic rings. The van der Waals surface area contributed by atoms with E-state index < -0.39 is 27.9 Å². The summed E-state index contributed by atoms with van der Waals surface area (Å²) in [6, 6.07) is 9.93. The van der Waals surface area contributed by atoms with Crippen LogP contribution >= 0.6 is 0 Å². The number of carbonyl (C=O) groups excluding carboxylic acids is 1. The zero-order chi connectivity index (χ0) is 19.6. The second kappa shape index (κ2) is 7.36. The van der Waals surface area contributed by atoms with Crippen LogP contribution in [0.15, 0.2) is 52.5 Å². The molecule has 1 N–H and O–H groups in total. The molecule has 1 amide bonds. The molecule has 0 saturated carbocycles. The topological polar surface area (TPSA) is 94.1 Å². The van der Waals surface area contributed by atoms with Gasteiger partial charge in [-0.3, -0.25) is 4.79 Å². The molecule has 142 valence electrons. The Morgan fingerprint density at radius 3 is 2.74 bits per heavy atom. The predicted molar refractivity (Wildman–Crippen MR) is 95.5 cm³/mol. The van der Waals surface area contributed by atoms with E-state index in [2.05, 4.69) is 5.16 Å². The number of halogens is 1.